The molecule has 2 heterocycles. The van der Waals surface area contributed by atoms with Crippen molar-refractivity contribution in [1.29, 1.82) is 0 Å². The number of thiocarbonyl (C=S) groups is 1. The first-order valence-corrected chi connectivity index (χ1v) is 11.9. The molecule has 33 heavy (non-hydrogen) atoms. The molecule has 1 saturated heterocycles. The lowest BCUT2D eigenvalue weighted by atomic mass is 10.1. The molecule has 5 nitrogen and oxygen atoms in total. The fourth-order valence-electron chi connectivity index (χ4n) is 3.36. The van der Waals surface area contributed by atoms with E-state index in [1.54, 1.807) is 55.5 Å². The molecule has 0 atom stereocenters. The van der Waals surface area contributed by atoms with Gasteiger partial charge in [-0.25, -0.2) is 0 Å². The zero-order valence-electron chi connectivity index (χ0n) is 17.8. The number of rotatable bonds is 7. The molecule has 3 aromatic rings. The predicted octanol–water partition coefficient (Wildman–Crippen LogP) is 6.71. The topological polar surface area (TPSA) is 51.9 Å². The summed E-state index contributed by atoms with van der Waals surface area (Å²) >= 11 is 19.0. The number of carbonyl (C=O) groups excluding carboxylic acids is 1. The minimum atomic E-state index is -0.149. The molecule has 1 aliphatic heterocycles. The van der Waals surface area contributed by atoms with Gasteiger partial charge in [-0.3, -0.25) is 9.69 Å². The first-order chi connectivity index (χ1) is 15.9. The van der Waals surface area contributed by atoms with Crippen LogP contribution in [-0.4, -0.2) is 35.9 Å². The van der Waals surface area contributed by atoms with Gasteiger partial charge < -0.3 is 13.9 Å². The van der Waals surface area contributed by atoms with Crippen molar-refractivity contribution in [3.05, 3.63) is 74.8 Å². The van der Waals surface area contributed by atoms with Crippen LogP contribution in [0.3, 0.4) is 0 Å². The summed E-state index contributed by atoms with van der Waals surface area (Å²) in [5.74, 6) is 2.25. The molecule has 0 unspecified atom stereocenters. The predicted molar refractivity (Wildman–Crippen MR) is 137 cm³/mol. The number of hydrogen-bond acceptors (Lipinski definition) is 6. The van der Waals surface area contributed by atoms with E-state index in [1.807, 2.05) is 18.2 Å². The summed E-state index contributed by atoms with van der Waals surface area (Å²) in [6.45, 7) is 0.457. The molecule has 0 aliphatic carbocycles. The first kappa shape index (κ1) is 23.7. The van der Waals surface area contributed by atoms with Crippen LogP contribution in [-0.2, 0) is 11.2 Å². The van der Waals surface area contributed by atoms with Crippen LogP contribution in [0, 0.1) is 0 Å². The van der Waals surface area contributed by atoms with E-state index in [1.165, 1.54) is 11.8 Å². The lowest BCUT2D eigenvalue weighted by molar-refractivity contribution is -0.122. The zero-order chi connectivity index (χ0) is 23.5. The highest BCUT2D eigenvalue weighted by atomic mass is 35.5. The van der Waals surface area contributed by atoms with E-state index >= 15 is 0 Å². The van der Waals surface area contributed by atoms with Gasteiger partial charge in [0.1, 0.15) is 15.8 Å². The summed E-state index contributed by atoms with van der Waals surface area (Å²) in [5, 5.41) is 1.09. The molecule has 0 spiro atoms. The Bertz CT molecular complexity index is 1260. The summed E-state index contributed by atoms with van der Waals surface area (Å²) in [6.07, 6.45) is 2.32. The number of carbonyl (C=O) groups is 1. The number of benzene rings is 2. The number of nitrogens with zero attached hydrogens (tertiary/aromatic N) is 1. The number of thioether (sulfide) groups is 1. The largest absolute Gasteiger partial charge is 0.493 e. The highest BCUT2D eigenvalue weighted by Crippen LogP contribution is 2.36. The van der Waals surface area contributed by atoms with E-state index < -0.39 is 0 Å². The van der Waals surface area contributed by atoms with Gasteiger partial charge in [0, 0.05) is 23.2 Å². The summed E-state index contributed by atoms with van der Waals surface area (Å²) < 4.78 is 17.0. The Kier molecular flexibility index (Phi) is 7.34. The SMILES string of the molecule is COc1ccc(CCN2C(=O)/C(=C\c3ccc(-c4cc(Cl)ccc4Cl)o3)SC2=S)cc1OC. The van der Waals surface area contributed by atoms with Crippen molar-refractivity contribution >= 4 is 63.5 Å². The summed E-state index contributed by atoms with van der Waals surface area (Å²) in [7, 11) is 3.18. The average Bonchev–Trinajstić information content (AvgIpc) is 3.38. The molecule has 2 aromatic carbocycles. The maximum Gasteiger partial charge on any atom is 0.266 e. The summed E-state index contributed by atoms with van der Waals surface area (Å²) in [4.78, 5) is 15.1. The van der Waals surface area contributed by atoms with Crippen molar-refractivity contribution in [2.24, 2.45) is 0 Å². The number of hydrogen-bond donors (Lipinski definition) is 0. The summed E-state index contributed by atoms with van der Waals surface area (Å²) in [5.41, 5.74) is 1.70. The van der Waals surface area contributed by atoms with Crippen LogP contribution >= 0.6 is 47.2 Å². The van der Waals surface area contributed by atoms with E-state index in [-0.39, 0.29) is 5.91 Å². The fourth-order valence-corrected chi connectivity index (χ4v) is 5.03. The van der Waals surface area contributed by atoms with Crippen molar-refractivity contribution in [2.75, 3.05) is 20.8 Å². The Morgan fingerprint density at radius 2 is 1.85 bits per heavy atom. The molecular formula is C24H19Cl2NO4S2. The second-order valence-electron chi connectivity index (χ2n) is 7.10. The van der Waals surface area contributed by atoms with Crippen LogP contribution < -0.4 is 9.47 Å². The van der Waals surface area contributed by atoms with Gasteiger partial charge in [0.15, 0.2) is 11.5 Å². The quantitative estimate of drug-likeness (QED) is 0.255. The van der Waals surface area contributed by atoms with Gasteiger partial charge in [-0.1, -0.05) is 53.2 Å². The molecule has 0 bridgehead atoms. The first-order valence-electron chi connectivity index (χ1n) is 9.91. The number of ether oxygens (including phenoxy) is 2. The van der Waals surface area contributed by atoms with Crippen LogP contribution in [0.25, 0.3) is 17.4 Å². The van der Waals surface area contributed by atoms with Crippen LogP contribution in [0.2, 0.25) is 10.0 Å². The number of furan rings is 1. The highest BCUT2D eigenvalue weighted by Gasteiger charge is 2.32. The van der Waals surface area contributed by atoms with Crippen molar-refractivity contribution in [3.63, 3.8) is 0 Å². The zero-order valence-corrected chi connectivity index (χ0v) is 20.9. The second kappa shape index (κ2) is 10.2. The van der Waals surface area contributed by atoms with E-state index in [2.05, 4.69) is 0 Å². The second-order valence-corrected chi connectivity index (χ2v) is 9.62. The van der Waals surface area contributed by atoms with Crippen LogP contribution in [0.15, 0.2) is 57.9 Å². The average molecular weight is 520 g/mol. The molecule has 0 radical (unpaired) electrons. The monoisotopic (exact) mass is 519 g/mol. The van der Waals surface area contributed by atoms with E-state index in [9.17, 15) is 4.79 Å². The lowest BCUT2D eigenvalue weighted by Crippen LogP contribution is -2.30. The standard InChI is InChI=1S/C24H19Cl2NO4S2/c1-29-20-7-3-14(11-21(20)30-2)9-10-27-23(28)22(33-24(27)32)13-16-5-8-19(31-16)17-12-15(25)4-6-18(17)26/h3-8,11-13H,9-10H2,1-2H3/b22-13+. The van der Waals surface area contributed by atoms with Gasteiger partial charge in [-0.15, -0.1) is 0 Å². The van der Waals surface area contributed by atoms with Gasteiger partial charge >= 0.3 is 0 Å². The molecule has 1 aliphatic rings. The molecule has 0 saturated carbocycles. The number of methoxy groups -OCH3 is 2. The Balaban J connectivity index is 1.47. The van der Waals surface area contributed by atoms with Gasteiger partial charge in [0.25, 0.3) is 5.91 Å². The smallest absolute Gasteiger partial charge is 0.266 e. The number of halogens is 2. The van der Waals surface area contributed by atoms with Crippen molar-refractivity contribution in [2.45, 2.75) is 6.42 Å². The Hall–Kier alpha value is -2.45. The van der Waals surface area contributed by atoms with E-state index in [0.717, 1.165) is 5.56 Å². The maximum absolute atomic E-state index is 13.0. The number of amides is 1. The Labute approximate surface area is 211 Å². The molecule has 9 heteroatoms. The Morgan fingerprint density at radius 1 is 1.06 bits per heavy atom. The van der Waals surface area contributed by atoms with Gasteiger partial charge in [-0.2, -0.15) is 0 Å². The maximum atomic E-state index is 13.0. The van der Waals surface area contributed by atoms with Crippen LogP contribution in [0.4, 0.5) is 0 Å². The third kappa shape index (κ3) is 5.22. The lowest BCUT2D eigenvalue weighted by Gasteiger charge is -2.15. The molecule has 0 N–H and O–H groups in total. The molecular weight excluding hydrogens is 501 g/mol. The Morgan fingerprint density at radius 3 is 2.61 bits per heavy atom. The third-order valence-electron chi connectivity index (χ3n) is 5.04. The molecule has 1 aromatic heterocycles. The minimum Gasteiger partial charge on any atom is -0.493 e. The van der Waals surface area contributed by atoms with Crippen LogP contribution in [0.5, 0.6) is 11.5 Å². The van der Waals surface area contributed by atoms with Crippen molar-refractivity contribution in [3.8, 4) is 22.8 Å². The highest BCUT2D eigenvalue weighted by molar-refractivity contribution is 8.26. The normalized spacial score (nSPS) is 14.9. The molecule has 4 rings (SSSR count). The molecule has 1 amide bonds. The van der Waals surface area contributed by atoms with E-state index in [0.29, 0.717) is 60.8 Å². The van der Waals surface area contributed by atoms with E-state index in [4.69, 9.17) is 49.3 Å². The fraction of sp³-hybridized carbons (Fsp3) is 0.167. The molecule has 170 valence electrons. The van der Waals surface area contributed by atoms with Gasteiger partial charge in [0.05, 0.1) is 24.1 Å². The third-order valence-corrected chi connectivity index (χ3v) is 6.98. The van der Waals surface area contributed by atoms with Crippen LogP contribution in [0.1, 0.15) is 11.3 Å². The molecule has 1 fully saturated rings. The summed E-state index contributed by atoms with van der Waals surface area (Å²) in [6, 6.07) is 14.4. The van der Waals surface area contributed by atoms with Gasteiger partial charge in [-0.05, 0) is 54.4 Å². The van der Waals surface area contributed by atoms with Crippen molar-refractivity contribution in [1.82, 2.24) is 4.90 Å². The van der Waals surface area contributed by atoms with Gasteiger partial charge in [0.2, 0.25) is 0 Å². The minimum absolute atomic E-state index is 0.149. The van der Waals surface area contributed by atoms with Crippen molar-refractivity contribution < 1.29 is 18.7 Å².